The molecule has 0 aliphatic carbocycles. The molecule has 0 aliphatic heterocycles. The van der Waals surface area contributed by atoms with Crippen molar-refractivity contribution in [1.29, 1.82) is 0 Å². The van der Waals surface area contributed by atoms with Gasteiger partial charge in [-0.2, -0.15) is 0 Å². The fraction of sp³-hybridized carbons (Fsp3) is 0.375. The standard InChI is InChI=1S/C32H41N3O6S/c1-5-19-33-32(37)30(22-25-12-7-6-8-13-25)34(24-26-14-9-16-28(21-26)40-2)31(36)18-11-20-35(42(4,38)39)27-15-10-17-29(23-27)41-3/h6-10,12-17,21,23,30H,5,11,18-20,22,24H2,1-4H3,(H,33,37)/t30-/m0/s1. The van der Waals surface area contributed by atoms with Gasteiger partial charge >= 0.3 is 0 Å². The van der Waals surface area contributed by atoms with Crippen LogP contribution in [0.1, 0.15) is 37.3 Å². The number of nitrogens with one attached hydrogen (secondary N) is 1. The van der Waals surface area contributed by atoms with Crippen LogP contribution in [0.2, 0.25) is 0 Å². The first kappa shape index (κ1) is 32.5. The highest BCUT2D eigenvalue weighted by Gasteiger charge is 2.30. The molecule has 2 amide bonds. The van der Waals surface area contributed by atoms with Gasteiger partial charge in [0.15, 0.2) is 0 Å². The Bertz CT molecular complexity index is 1410. The molecule has 1 N–H and O–H groups in total. The van der Waals surface area contributed by atoms with E-state index in [-0.39, 0.29) is 37.7 Å². The van der Waals surface area contributed by atoms with Gasteiger partial charge in [-0.05, 0) is 48.2 Å². The normalized spacial score (nSPS) is 11.8. The molecule has 0 radical (unpaired) electrons. The lowest BCUT2D eigenvalue weighted by Crippen LogP contribution is -2.50. The van der Waals surface area contributed by atoms with E-state index in [1.807, 2.05) is 61.5 Å². The summed E-state index contributed by atoms with van der Waals surface area (Å²) in [5.41, 5.74) is 2.20. The molecule has 0 aromatic heterocycles. The van der Waals surface area contributed by atoms with Crippen LogP contribution in [-0.2, 0) is 32.6 Å². The van der Waals surface area contributed by atoms with Crippen LogP contribution in [-0.4, -0.2) is 64.7 Å². The van der Waals surface area contributed by atoms with E-state index in [2.05, 4.69) is 5.32 Å². The summed E-state index contributed by atoms with van der Waals surface area (Å²) in [7, 11) is -0.530. The Balaban J connectivity index is 1.89. The van der Waals surface area contributed by atoms with E-state index in [4.69, 9.17) is 9.47 Å². The van der Waals surface area contributed by atoms with Crippen LogP contribution in [0.5, 0.6) is 11.5 Å². The molecular weight excluding hydrogens is 554 g/mol. The summed E-state index contributed by atoms with van der Waals surface area (Å²) in [6.07, 6.45) is 2.54. The molecule has 42 heavy (non-hydrogen) atoms. The fourth-order valence-corrected chi connectivity index (χ4v) is 5.61. The Labute approximate surface area is 249 Å². The zero-order valence-corrected chi connectivity index (χ0v) is 25.6. The SMILES string of the molecule is CCCNC(=O)[C@H](Cc1ccccc1)N(Cc1cccc(OC)c1)C(=O)CCCN(c1cccc(OC)c1)S(C)(=O)=O. The zero-order chi connectivity index (χ0) is 30.5. The number of nitrogens with zero attached hydrogens (tertiary/aromatic N) is 2. The molecule has 3 aromatic rings. The van der Waals surface area contributed by atoms with Gasteiger partial charge in [-0.25, -0.2) is 8.42 Å². The van der Waals surface area contributed by atoms with Gasteiger partial charge in [0, 0.05) is 38.5 Å². The van der Waals surface area contributed by atoms with Gasteiger partial charge in [-0.1, -0.05) is 55.5 Å². The Morgan fingerprint density at radius 3 is 2.17 bits per heavy atom. The van der Waals surface area contributed by atoms with Gasteiger partial charge in [-0.15, -0.1) is 0 Å². The van der Waals surface area contributed by atoms with E-state index in [0.717, 1.165) is 23.8 Å². The average molecular weight is 596 g/mol. The second kappa shape index (κ2) is 15.8. The van der Waals surface area contributed by atoms with Gasteiger partial charge in [0.25, 0.3) is 0 Å². The molecule has 9 nitrogen and oxygen atoms in total. The molecule has 0 aliphatic rings. The van der Waals surface area contributed by atoms with E-state index in [1.165, 1.54) is 11.4 Å². The summed E-state index contributed by atoms with van der Waals surface area (Å²) in [6.45, 7) is 2.76. The van der Waals surface area contributed by atoms with E-state index >= 15 is 0 Å². The first-order valence-electron chi connectivity index (χ1n) is 14.0. The van der Waals surface area contributed by atoms with Gasteiger partial charge in [0.2, 0.25) is 21.8 Å². The van der Waals surface area contributed by atoms with Gasteiger partial charge in [0.1, 0.15) is 17.5 Å². The predicted octanol–water partition coefficient (Wildman–Crippen LogP) is 4.42. The molecule has 0 saturated carbocycles. The number of hydrogen-bond donors (Lipinski definition) is 1. The summed E-state index contributed by atoms with van der Waals surface area (Å²) >= 11 is 0. The molecule has 3 aromatic carbocycles. The lowest BCUT2D eigenvalue weighted by atomic mass is 10.0. The van der Waals surface area contributed by atoms with Crippen molar-refractivity contribution in [1.82, 2.24) is 10.2 Å². The first-order chi connectivity index (χ1) is 20.2. The summed E-state index contributed by atoms with van der Waals surface area (Å²) in [5, 5.41) is 2.97. The third-order valence-electron chi connectivity index (χ3n) is 6.80. The van der Waals surface area contributed by atoms with E-state index < -0.39 is 16.1 Å². The van der Waals surface area contributed by atoms with Gasteiger partial charge in [-0.3, -0.25) is 13.9 Å². The Hall–Kier alpha value is -4.05. The first-order valence-corrected chi connectivity index (χ1v) is 15.9. The lowest BCUT2D eigenvalue weighted by Gasteiger charge is -2.32. The summed E-state index contributed by atoms with van der Waals surface area (Å²) in [6, 6.07) is 23.0. The van der Waals surface area contributed by atoms with Crippen LogP contribution in [0.4, 0.5) is 5.69 Å². The maximum Gasteiger partial charge on any atom is 0.243 e. The largest absolute Gasteiger partial charge is 0.497 e. The van der Waals surface area contributed by atoms with E-state index in [9.17, 15) is 18.0 Å². The third kappa shape index (κ3) is 9.51. The minimum atomic E-state index is -3.62. The molecule has 0 heterocycles. The van der Waals surface area contributed by atoms with Crippen LogP contribution in [0.15, 0.2) is 78.9 Å². The smallest absolute Gasteiger partial charge is 0.243 e. The number of rotatable bonds is 16. The molecule has 0 unspecified atom stereocenters. The van der Waals surface area contributed by atoms with Crippen molar-refractivity contribution in [3.05, 3.63) is 90.0 Å². The zero-order valence-electron chi connectivity index (χ0n) is 24.8. The van der Waals surface area contributed by atoms with Crippen molar-refractivity contribution in [2.75, 3.05) is 37.9 Å². The second-order valence-corrected chi connectivity index (χ2v) is 11.9. The number of anilines is 1. The number of benzene rings is 3. The Morgan fingerprint density at radius 2 is 1.52 bits per heavy atom. The van der Waals surface area contributed by atoms with Crippen LogP contribution in [0.3, 0.4) is 0 Å². The van der Waals surface area contributed by atoms with E-state index in [1.54, 1.807) is 36.3 Å². The maximum atomic E-state index is 13.9. The van der Waals surface area contributed by atoms with Crippen molar-refractivity contribution in [3.8, 4) is 11.5 Å². The van der Waals surface area contributed by atoms with Crippen LogP contribution < -0.4 is 19.1 Å². The van der Waals surface area contributed by atoms with Gasteiger partial charge < -0.3 is 19.7 Å². The van der Waals surface area contributed by atoms with Crippen molar-refractivity contribution in [2.45, 2.75) is 45.2 Å². The van der Waals surface area contributed by atoms with Crippen LogP contribution >= 0.6 is 0 Å². The Kier molecular flexibility index (Phi) is 12.2. The number of sulfonamides is 1. The molecular formula is C32H41N3O6S. The summed E-state index contributed by atoms with van der Waals surface area (Å²) < 4.78 is 37.2. The minimum Gasteiger partial charge on any atom is -0.497 e. The molecule has 226 valence electrons. The molecule has 0 saturated heterocycles. The molecule has 0 bridgehead atoms. The summed E-state index contributed by atoms with van der Waals surface area (Å²) in [4.78, 5) is 29.0. The van der Waals surface area contributed by atoms with Gasteiger partial charge in [0.05, 0.1) is 26.2 Å². The second-order valence-electron chi connectivity index (χ2n) is 10.0. The van der Waals surface area contributed by atoms with Crippen LogP contribution in [0.25, 0.3) is 0 Å². The molecule has 1 atom stereocenters. The van der Waals surface area contributed by atoms with Crippen molar-refractivity contribution >= 4 is 27.5 Å². The van der Waals surface area contributed by atoms with Crippen molar-refractivity contribution in [2.24, 2.45) is 0 Å². The van der Waals surface area contributed by atoms with E-state index in [0.29, 0.717) is 30.2 Å². The van der Waals surface area contributed by atoms with Crippen molar-refractivity contribution < 1.29 is 27.5 Å². The number of carbonyl (C=O) groups is 2. The van der Waals surface area contributed by atoms with Crippen molar-refractivity contribution in [3.63, 3.8) is 0 Å². The number of amides is 2. The third-order valence-corrected chi connectivity index (χ3v) is 7.99. The summed E-state index contributed by atoms with van der Waals surface area (Å²) in [5.74, 6) is 0.705. The molecule has 3 rings (SSSR count). The molecule has 0 fully saturated rings. The highest BCUT2D eigenvalue weighted by atomic mass is 32.2. The lowest BCUT2D eigenvalue weighted by molar-refractivity contribution is -0.141. The molecule has 0 spiro atoms. The highest BCUT2D eigenvalue weighted by molar-refractivity contribution is 7.92. The monoisotopic (exact) mass is 595 g/mol. The number of methoxy groups -OCH3 is 2. The minimum absolute atomic E-state index is 0.0479. The Morgan fingerprint density at radius 1 is 0.881 bits per heavy atom. The topological polar surface area (TPSA) is 105 Å². The predicted molar refractivity (Wildman–Crippen MR) is 165 cm³/mol. The molecule has 10 heteroatoms. The number of carbonyl (C=O) groups excluding carboxylic acids is 2. The number of hydrogen-bond acceptors (Lipinski definition) is 6. The average Bonchev–Trinajstić information content (AvgIpc) is 2.99. The highest BCUT2D eigenvalue weighted by Crippen LogP contribution is 2.24. The maximum absolute atomic E-state index is 13.9. The van der Waals surface area contributed by atoms with Crippen LogP contribution in [0, 0.1) is 0 Å². The number of ether oxygens (including phenoxy) is 2. The fourth-order valence-electron chi connectivity index (χ4n) is 4.66. The quantitative estimate of drug-likeness (QED) is 0.263.